The summed E-state index contributed by atoms with van der Waals surface area (Å²) in [4.78, 5) is 11.7. The fourth-order valence-corrected chi connectivity index (χ4v) is 1.71. The van der Waals surface area contributed by atoms with E-state index >= 15 is 0 Å². The Hall–Kier alpha value is -2.14. The van der Waals surface area contributed by atoms with E-state index in [-0.39, 0.29) is 24.2 Å². The molecular weight excluding hydrogens is 247 g/mol. The molecule has 100 valence electrons. The minimum absolute atomic E-state index is 0.0429. The summed E-state index contributed by atoms with van der Waals surface area (Å²) in [5.41, 5.74) is 0.201. The molecule has 0 radical (unpaired) electrons. The van der Waals surface area contributed by atoms with E-state index in [4.69, 9.17) is 4.42 Å². The Morgan fingerprint density at radius 2 is 2.16 bits per heavy atom. The van der Waals surface area contributed by atoms with Gasteiger partial charge in [-0.05, 0) is 31.2 Å². The smallest absolute Gasteiger partial charge is 0.279 e. The molecule has 0 aliphatic rings. The van der Waals surface area contributed by atoms with Gasteiger partial charge in [-0.1, -0.05) is 12.1 Å². The summed E-state index contributed by atoms with van der Waals surface area (Å²) >= 11 is 0. The van der Waals surface area contributed by atoms with Gasteiger partial charge in [0.1, 0.15) is 11.9 Å². The number of rotatable bonds is 5. The number of nitrogens with one attached hydrogen (secondary N) is 1. The fraction of sp³-hybridized carbons (Fsp3) is 0.214. The quantitative estimate of drug-likeness (QED) is 0.862. The Morgan fingerprint density at radius 3 is 2.84 bits per heavy atom. The Balaban J connectivity index is 1.84. The lowest BCUT2D eigenvalue weighted by Gasteiger charge is -2.09. The Bertz CT molecular complexity index is 540. The average Bonchev–Trinajstić information content (AvgIpc) is 2.93. The van der Waals surface area contributed by atoms with Crippen LogP contribution in [0.1, 0.15) is 18.7 Å². The molecule has 0 fully saturated rings. The molecule has 2 aromatic rings. The first kappa shape index (κ1) is 13.3. The van der Waals surface area contributed by atoms with Crippen molar-refractivity contribution >= 4 is 11.6 Å². The van der Waals surface area contributed by atoms with E-state index in [0.29, 0.717) is 0 Å². The number of para-hydroxylation sites is 1. The number of nitrogens with two attached hydrogens (primary N) is 1. The fourth-order valence-electron chi connectivity index (χ4n) is 1.71. The molecule has 1 aromatic heterocycles. The zero-order valence-corrected chi connectivity index (χ0v) is 10.6. The van der Waals surface area contributed by atoms with Crippen LogP contribution < -0.4 is 10.6 Å². The van der Waals surface area contributed by atoms with Crippen LogP contribution in [0.2, 0.25) is 0 Å². The van der Waals surface area contributed by atoms with Gasteiger partial charge in [-0.2, -0.15) is 0 Å². The van der Waals surface area contributed by atoms with Crippen molar-refractivity contribution < 1.29 is 18.9 Å². The van der Waals surface area contributed by atoms with Gasteiger partial charge in [-0.25, -0.2) is 4.39 Å². The van der Waals surface area contributed by atoms with Crippen LogP contribution >= 0.6 is 0 Å². The van der Waals surface area contributed by atoms with Gasteiger partial charge in [0, 0.05) is 0 Å². The maximum atomic E-state index is 13.3. The molecule has 0 saturated heterocycles. The summed E-state index contributed by atoms with van der Waals surface area (Å²) in [7, 11) is 0. The van der Waals surface area contributed by atoms with E-state index in [1.165, 1.54) is 12.1 Å². The molecule has 2 rings (SSSR count). The topological polar surface area (TPSA) is 58.9 Å². The molecule has 0 saturated carbocycles. The zero-order chi connectivity index (χ0) is 13.7. The Labute approximate surface area is 110 Å². The Morgan fingerprint density at radius 1 is 1.37 bits per heavy atom. The number of amides is 1. The van der Waals surface area contributed by atoms with Crippen molar-refractivity contribution in [2.24, 2.45) is 0 Å². The largest absolute Gasteiger partial charge is 0.463 e. The van der Waals surface area contributed by atoms with Gasteiger partial charge in [0.05, 0.1) is 12.0 Å². The normalized spacial score (nSPS) is 12.1. The molecule has 1 atom stereocenters. The third kappa shape index (κ3) is 3.66. The Kier molecular flexibility index (Phi) is 4.30. The second kappa shape index (κ2) is 6.15. The second-order valence-electron chi connectivity index (χ2n) is 4.27. The van der Waals surface area contributed by atoms with Crippen molar-refractivity contribution in [3.63, 3.8) is 0 Å². The van der Waals surface area contributed by atoms with Crippen molar-refractivity contribution in [3.8, 4) is 0 Å². The lowest BCUT2D eigenvalue weighted by Crippen LogP contribution is -2.86. The standard InChI is InChI=1S/C14H15FN2O2/c1-10(13-7-4-8-19-13)16-9-14(18)17-12-6-3-2-5-11(12)15/h2-8,10,16H,9H2,1H3,(H,17,18)/p+1/t10-/m0/s1. The zero-order valence-electron chi connectivity index (χ0n) is 10.6. The molecule has 0 aliphatic heterocycles. The molecule has 5 heteroatoms. The van der Waals surface area contributed by atoms with Crippen LogP contribution in [-0.4, -0.2) is 12.5 Å². The third-order valence-electron chi connectivity index (χ3n) is 2.80. The lowest BCUT2D eigenvalue weighted by molar-refractivity contribution is -0.684. The molecule has 0 unspecified atom stereocenters. The van der Waals surface area contributed by atoms with E-state index in [2.05, 4.69) is 5.32 Å². The molecule has 0 spiro atoms. The number of carbonyl (C=O) groups is 1. The van der Waals surface area contributed by atoms with Crippen molar-refractivity contribution in [2.45, 2.75) is 13.0 Å². The van der Waals surface area contributed by atoms with Crippen molar-refractivity contribution in [3.05, 3.63) is 54.2 Å². The highest BCUT2D eigenvalue weighted by molar-refractivity contribution is 5.91. The molecule has 4 nitrogen and oxygen atoms in total. The first-order valence-corrected chi connectivity index (χ1v) is 6.08. The number of furan rings is 1. The summed E-state index contributed by atoms with van der Waals surface area (Å²) in [6, 6.07) is 9.80. The van der Waals surface area contributed by atoms with Gasteiger partial charge >= 0.3 is 0 Å². The summed E-state index contributed by atoms with van der Waals surface area (Å²) in [6.45, 7) is 2.14. The molecule has 0 aliphatic carbocycles. The predicted molar refractivity (Wildman–Crippen MR) is 68.9 cm³/mol. The van der Waals surface area contributed by atoms with Crippen LogP contribution in [-0.2, 0) is 4.79 Å². The molecule has 19 heavy (non-hydrogen) atoms. The van der Waals surface area contributed by atoms with Gasteiger partial charge in [0.2, 0.25) is 0 Å². The first-order valence-electron chi connectivity index (χ1n) is 6.08. The SMILES string of the molecule is C[C@H]([NH2+]CC(=O)Nc1ccccc1F)c1ccco1. The minimum Gasteiger partial charge on any atom is -0.463 e. The summed E-state index contributed by atoms with van der Waals surface area (Å²) in [6.07, 6.45) is 1.60. The van der Waals surface area contributed by atoms with E-state index < -0.39 is 5.82 Å². The molecule has 1 aromatic carbocycles. The number of anilines is 1. The number of halogens is 1. The van der Waals surface area contributed by atoms with Crippen molar-refractivity contribution in [1.29, 1.82) is 0 Å². The molecule has 1 amide bonds. The number of carbonyl (C=O) groups excluding carboxylic acids is 1. The monoisotopic (exact) mass is 263 g/mol. The second-order valence-corrected chi connectivity index (χ2v) is 4.27. The van der Waals surface area contributed by atoms with Crippen LogP contribution in [0.25, 0.3) is 0 Å². The van der Waals surface area contributed by atoms with Gasteiger partial charge in [0.25, 0.3) is 5.91 Å². The number of benzene rings is 1. The van der Waals surface area contributed by atoms with Crippen LogP contribution in [0, 0.1) is 5.82 Å². The van der Waals surface area contributed by atoms with Crippen LogP contribution in [0.3, 0.4) is 0 Å². The highest BCUT2D eigenvalue weighted by atomic mass is 19.1. The molecule has 0 bridgehead atoms. The molecular formula is C14H16FN2O2+. The highest BCUT2D eigenvalue weighted by Gasteiger charge is 2.14. The van der Waals surface area contributed by atoms with Crippen LogP contribution in [0.4, 0.5) is 10.1 Å². The minimum atomic E-state index is -0.435. The van der Waals surface area contributed by atoms with E-state index in [1.807, 2.05) is 18.3 Å². The maximum absolute atomic E-state index is 13.3. The third-order valence-corrected chi connectivity index (χ3v) is 2.80. The summed E-state index contributed by atoms with van der Waals surface area (Å²) in [5.74, 6) is 0.122. The molecule has 1 heterocycles. The summed E-state index contributed by atoms with van der Waals surface area (Å²) < 4.78 is 18.6. The van der Waals surface area contributed by atoms with Crippen LogP contribution in [0.5, 0.6) is 0 Å². The van der Waals surface area contributed by atoms with E-state index in [0.717, 1.165) is 5.76 Å². The van der Waals surface area contributed by atoms with Gasteiger partial charge < -0.3 is 15.1 Å². The van der Waals surface area contributed by atoms with E-state index in [1.54, 1.807) is 24.5 Å². The predicted octanol–water partition coefficient (Wildman–Crippen LogP) is 1.68. The van der Waals surface area contributed by atoms with E-state index in [9.17, 15) is 9.18 Å². The number of quaternary nitrogens is 1. The van der Waals surface area contributed by atoms with Gasteiger partial charge in [0.15, 0.2) is 12.3 Å². The average molecular weight is 263 g/mol. The highest BCUT2D eigenvalue weighted by Crippen LogP contribution is 2.11. The number of hydrogen-bond acceptors (Lipinski definition) is 2. The van der Waals surface area contributed by atoms with Crippen molar-refractivity contribution in [1.82, 2.24) is 0 Å². The summed E-state index contributed by atoms with van der Waals surface area (Å²) in [5, 5.41) is 4.36. The maximum Gasteiger partial charge on any atom is 0.279 e. The van der Waals surface area contributed by atoms with Gasteiger partial charge in [-0.3, -0.25) is 4.79 Å². The van der Waals surface area contributed by atoms with Gasteiger partial charge in [-0.15, -0.1) is 0 Å². The molecule has 3 N–H and O–H groups in total. The first-order chi connectivity index (χ1) is 9.16. The van der Waals surface area contributed by atoms with Crippen molar-refractivity contribution in [2.75, 3.05) is 11.9 Å². The lowest BCUT2D eigenvalue weighted by atomic mass is 10.2. The van der Waals surface area contributed by atoms with Crippen LogP contribution in [0.15, 0.2) is 47.1 Å². The number of hydrogen-bond donors (Lipinski definition) is 2.